The summed E-state index contributed by atoms with van der Waals surface area (Å²) in [5, 5.41) is 0. The molecule has 1 saturated heterocycles. The number of benzene rings is 2. The fourth-order valence-electron chi connectivity index (χ4n) is 7.46. The van der Waals surface area contributed by atoms with E-state index in [1.165, 1.54) is 19.3 Å². The molecule has 2 saturated carbocycles. The van der Waals surface area contributed by atoms with Crippen LogP contribution in [0.1, 0.15) is 112 Å². The molecule has 46 heavy (non-hydrogen) atoms. The van der Waals surface area contributed by atoms with Crippen molar-refractivity contribution in [2.45, 2.75) is 121 Å². The Morgan fingerprint density at radius 2 is 1.43 bits per heavy atom. The van der Waals surface area contributed by atoms with E-state index < -0.39 is 41.8 Å². The Balaban J connectivity index is 1.08. The summed E-state index contributed by atoms with van der Waals surface area (Å²) in [7, 11) is 0. The van der Waals surface area contributed by atoms with Crippen LogP contribution in [-0.4, -0.2) is 31.8 Å². The second kappa shape index (κ2) is 15.3. The second-order valence-electron chi connectivity index (χ2n) is 13.5. The molecular weight excluding hydrogens is 613 g/mol. The lowest BCUT2D eigenvalue weighted by Gasteiger charge is -2.38. The van der Waals surface area contributed by atoms with Gasteiger partial charge in [-0.05, 0) is 98.4 Å². The molecule has 3 aliphatic rings. The Kier molecular flexibility index (Phi) is 11.6. The molecule has 10 heteroatoms. The van der Waals surface area contributed by atoms with Crippen molar-refractivity contribution >= 4 is 0 Å². The van der Waals surface area contributed by atoms with Crippen LogP contribution in [0.25, 0.3) is 0 Å². The van der Waals surface area contributed by atoms with Crippen LogP contribution in [0.3, 0.4) is 0 Å². The summed E-state index contributed by atoms with van der Waals surface area (Å²) in [6, 6.07) is 7.68. The minimum absolute atomic E-state index is 0.0717. The quantitative estimate of drug-likeness (QED) is 0.178. The lowest BCUT2D eigenvalue weighted by Crippen LogP contribution is -2.38. The van der Waals surface area contributed by atoms with Crippen LogP contribution >= 0.6 is 0 Å². The van der Waals surface area contributed by atoms with E-state index in [1.54, 1.807) is 12.1 Å². The molecule has 1 aliphatic heterocycles. The minimum Gasteiger partial charge on any atom is -0.432 e. The third-order valence-electron chi connectivity index (χ3n) is 10.2. The molecule has 256 valence electrons. The lowest BCUT2D eigenvalue weighted by atomic mass is 9.76. The van der Waals surface area contributed by atoms with Gasteiger partial charge in [-0.3, -0.25) is 0 Å². The smallest absolute Gasteiger partial charge is 0.400 e. The summed E-state index contributed by atoms with van der Waals surface area (Å²) in [4.78, 5) is 0. The van der Waals surface area contributed by atoms with E-state index in [0.717, 1.165) is 63.0 Å². The monoisotopic (exact) mass is 658 g/mol. The van der Waals surface area contributed by atoms with Crippen LogP contribution in [0.4, 0.5) is 30.7 Å². The molecule has 0 atom stereocenters. The number of halogens is 7. The van der Waals surface area contributed by atoms with Crippen molar-refractivity contribution in [3.8, 4) is 5.75 Å². The molecule has 0 radical (unpaired) electrons. The van der Waals surface area contributed by atoms with Gasteiger partial charge in [0.1, 0.15) is 17.4 Å². The first kappa shape index (κ1) is 35.0. The Morgan fingerprint density at radius 3 is 2.04 bits per heavy atom. The SMILES string of the molecule is CCCCCC1COC(C2CCC(c3ccc(C4CCC(C(F)(F)Oc5ccc(CC(F)(F)F)c(F)c5)CC4)c(F)c3)CC2)OC1. The zero-order chi connectivity index (χ0) is 32.9. The van der Waals surface area contributed by atoms with Gasteiger partial charge in [-0.25, -0.2) is 8.78 Å². The number of ether oxygens (including phenoxy) is 3. The van der Waals surface area contributed by atoms with Crippen LogP contribution < -0.4 is 4.74 Å². The first-order valence-corrected chi connectivity index (χ1v) is 16.9. The average Bonchev–Trinajstić information content (AvgIpc) is 3.02. The van der Waals surface area contributed by atoms with Gasteiger partial charge < -0.3 is 14.2 Å². The molecule has 2 aliphatic carbocycles. The number of hydrogen-bond acceptors (Lipinski definition) is 3. The van der Waals surface area contributed by atoms with Crippen molar-refractivity contribution in [3.05, 3.63) is 64.7 Å². The van der Waals surface area contributed by atoms with Crippen LogP contribution in [0, 0.1) is 29.4 Å². The Morgan fingerprint density at radius 1 is 0.761 bits per heavy atom. The molecular formula is C36H45F7O3. The van der Waals surface area contributed by atoms with Gasteiger partial charge in [0.25, 0.3) is 0 Å². The molecule has 0 spiro atoms. The van der Waals surface area contributed by atoms with Crippen molar-refractivity contribution in [2.24, 2.45) is 17.8 Å². The molecule has 5 rings (SSSR count). The van der Waals surface area contributed by atoms with Gasteiger partial charge in [0, 0.05) is 17.9 Å². The molecule has 0 unspecified atom stereocenters. The number of alkyl halides is 5. The molecule has 2 aromatic rings. The van der Waals surface area contributed by atoms with E-state index in [9.17, 15) is 26.3 Å². The Bertz CT molecular complexity index is 1260. The van der Waals surface area contributed by atoms with Crippen molar-refractivity contribution in [3.63, 3.8) is 0 Å². The average molecular weight is 659 g/mol. The van der Waals surface area contributed by atoms with Crippen molar-refractivity contribution in [1.82, 2.24) is 0 Å². The third-order valence-corrected chi connectivity index (χ3v) is 10.2. The third kappa shape index (κ3) is 9.18. The van der Waals surface area contributed by atoms with Gasteiger partial charge >= 0.3 is 12.3 Å². The predicted octanol–water partition coefficient (Wildman–Crippen LogP) is 10.9. The van der Waals surface area contributed by atoms with Crippen LogP contribution in [-0.2, 0) is 15.9 Å². The number of rotatable bonds is 11. The maximum atomic E-state index is 15.4. The molecule has 2 aromatic carbocycles. The van der Waals surface area contributed by atoms with E-state index in [2.05, 4.69) is 6.92 Å². The van der Waals surface area contributed by atoms with Gasteiger partial charge in [0.15, 0.2) is 6.29 Å². The highest BCUT2D eigenvalue weighted by molar-refractivity contribution is 5.31. The summed E-state index contributed by atoms with van der Waals surface area (Å²) in [5.74, 6) is -2.40. The maximum absolute atomic E-state index is 15.4. The van der Waals surface area contributed by atoms with E-state index in [1.807, 2.05) is 6.07 Å². The first-order valence-electron chi connectivity index (χ1n) is 16.9. The van der Waals surface area contributed by atoms with Crippen molar-refractivity contribution in [2.75, 3.05) is 13.2 Å². The van der Waals surface area contributed by atoms with Crippen LogP contribution in [0.2, 0.25) is 0 Å². The summed E-state index contributed by atoms with van der Waals surface area (Å²) < 4.78 is 114. The van der Waals surface area contributed by atoms with Gasteiger partial charge in [-0.2, -0.15) is 22.0 Å². The van der Waals surface area contributed by atoms with Gasteiger partial charge in [0.2, 0.25) is 0 Å². The molecule has 0 bridgehead atoms. The topological polar surface area (TPSA) is 27.7 Å². The van der Waals surface area contributed by atoms with Crippen molar-refractivity contribution in [1.29, 1.82) is 0 Å². The fourth-order valence-corrected chi connectivity index (χ4v) is 7.46. The standard InChI is InChI=1S/C36H45F7O3/c1-2-3-4-5-23-21-44-34(45-22-23)26-8-6-24(7-9-26)27-13-17-31(33(38)18-27)25-10-14-29(15-11-25)36(42,43)46-30-16-12-28(32(37)19-30)20-35(39,40)41/h12-13,16-19,23-26,29,34H,2-11,14-15,20-22H2,1H3. The second-order valence-corrected chi connectivity index (χ2v) is 13.5. The summed E-state index contributed by atoms with van der Waals surface area (Å²) in [6.45, 7) is 3.72. The van der Waals surface area contributed by atoms with Crippen LogP contribution in [0.15, 0.2) is 36.4 Å². The lowest BCUT2D eigenvalue weighted by molar-refractivity contribution is -0.229. The normalized spacial score (nSPS) is 27.8. The van der Waals surface area contributed by atoms with E-state index in [4.69, 9.17) is 14.2 Å². The number of hydrogen-bond donors (Lipinski definition) is 0. The fraction of sp³-hybridized carbons (Fsp3) is 0.667. The zero-order valence-electron chi connectivity index (χ0n) is 26.4. The molecule has 0 N–H and O–H groups in total. The van der Waals surface area contributed by atoms with Gasteiger partial charge in [-0.1, -0.05) is 44.4 Å². The van der Waals surface area contributed by atoms with E-state index in [0.29, 0.717) is 36.3 Å². The Hall–Kier alpha value is -2.33. The van der Waals surface area contributed by atoms with Gasteiger partial charge in [-0.15, -0.1) is 0 Å². The van der Waals surface area contributed by atoms with Crippen LogP contribution in [0.5, 0.6) is 5.75 Å². The van der Waals surface area contributed by atoms with Crippen molar-refractivity contribution < 1.29 is 44.9 Å². The molecule has 3 nitrogen and oxygen atoms in total. The minimum atomic E-state index is -4.62. The zero-order valence-corrected chi connectivity index (χ0v) is 26.4. The maximum Gasteiger partial charge on any atom is 0.400 e. The molecule has 0 aromatic heterocycles. The van der Waals surface area contributed by atoms with Gasteiger partial charge in [0.05, 0.1) is 25.6 Å². The highest BCUT2D eigenvalue weighted by Gasteiger charge is 2.44. The highest BCUT2D eigenvalue weighted by Crippen LogP contribution is 2.45. The molecule has 1 heterocycles. The summed E-state index contributed by atoms with van der Waals surface area (Å²) in [5.41, 5.74) is 0.849. The largest absolute Gasteiger partial charge is 0.432 e. The van der Waals surface area contributed by atoms with E-state index in [-0.39, 0.29) is 36.8 Å². The molecule has 0 amide bonds. The Labute approximate surface area is 267 Å². The number of unbranched alkanes of at least 4 members (excludes halogenated alkanes) is 2. The molecule has 3 fully saturated rings. The summed E-state index contributed by atoms with van der Waals surface area (Å²) >= 11 is 0. The predicted molar refractivity (Wildman–Crippen MR) is 161 cm³/mol. The summed E-state index contributed by atoms with van der Waals surface area (Å²) in [6.07, 6.45) is -0.502. The first-order chi connectivity index (χ1) is 21.9. The van der Waals surface area contributed by atoms with E-state index >= 15 is 4.39 Å². The highest BCUT2D eigenvalue weighted by atomic mass is 19.4.